The average molecular weight is 392 g/mol. The SMILES string of the molecule is CC(C)NC(=O)Cn1ncc2c3ccccc3n(Cc3ccc(F)cc3)c2c1=O. The molecule has 0 unspecified atom stereocenters. The Kier molecular flexibility index (Phi) is 4.88. The first kappa shape index (κ1) is 18.9. The number of rotatable bonds is 5. The topological polar surface area (TPSA) is 68.9 Å². The Morgan fingerprint density at radius 3 is 2.55 bits per heavy atom. The molecule has 2 aromatic heterocycles. The lowest BCUT2D eigenvalue weighted by atomic mass is 10.2. The summed E-state index contributed by atoms with van der Waals surface area (Å²) in [5, 5.41) is 8.63. The molecule has 7 heteroatoms. The van der Waals surface area contributed by atoms with Gasteiger partial charge in [0.1, 0.15) is 17.9 Å². The third kappa shape index (κ3) is 3.63. The zero-order valence-corrected chi connectivity index (χ0v) is 16.2. The van der Waals surface area contributed by atoms with Gasteiger partial charge in [0.25, 0.3) is 5.56 Å². The maximum atomic E-state index is 13.3. The van der Waals surface area contributed by atoms with Crippen LogP contribution in [-0.4, -0.2) is 26.3 Å². The fraction of sp³-hybridized carbons (Fsp3) is 0.227. The Balaban J connectivity index is 1.87. The summed E-state index contributed by atoms with van der Waals surface area (Å²) >= 11 is 0. The van der Waals surface area contributed by atoms with Gasteiger partial charge in [-0.2, -0.15) is 5.10 Å². The minimum Gasteiger partial charge on any atom is -0.352 e. The Morgan fingerprint density at radius 2 is 1.83 bits per heavy atom. The summed E-state index contributed by atoms with van der Waals surface area (Å²) in [6, 6.07) is 13.9. The number of benzene rings is 2. The minimum absolute atomic E-state index is 0.0214. The zero-order valence-electron chi connectivity index (χ0n) is 16.2. The van der Waals surface area contributed by atoms with E-state index in [-0.39, 0.29) is 29.9 Å². The van der Waals surface area contributed by atoms with Crippen molar-refractivity contribution < 1.29 is 9.18 Å². The van der Waals surface area contributed by atoms with E-state index in [1.54, 1.807) is 18.3 Å². The van der Waals surface area contributed by atoms with Gasteiger partial charge in [-0.25, -0.2) is 9.07 Å². The van der Waals surface area contributed by atoms with Crippen LogP contribution in [0.15, 0.2) is 59.5 Å². The molecule has 0 aliphatic carbocycles. The van der Waals surface area contributed by atoms with Gasteiger partial charge in [0.15, 0.2) is 0 Å². The summed E-state index contributed by atoms with van der Waals surface area (Å²) in [5.41, 5.74) is 1.90. The number of amides is 1. The first-order chi connectivity index (χ1) is 13.9. The molecule has 0 atom stereocenters. The maximum Gasteiger partial charge on any atom is 0.291 e. The molecule has 1 N–H and O–H groups in total. The van der Waals surface area contributed by atoms with Gasteiger partial charge in [-0.05, 0) is 37.6 Å². The van der Waals surface area contributed by atoms with Crippen LogP contribution in [0.3, 0.4) is 0 Å². The van der Waals surface area contributed by atoms with E-state index < -0.39 is 0 Å². The molecule has 0 fully saturated rings. The summed E-state index contributed by atoms with van der Waals surface area (Å²) in [6.45, 7) is 3.97. The van der Waals surface area contributed by atoms with Crippen LogP contribution in [0.25, 0.3) is 21.8 Å². The third-order valence-electron chi connectivity index (χ3n) is 4.77. The average Bonchev–Trinajstić information content (AvgIpc) is 3.00. The second-order valence-electron chi connectivity index (χ2n) is 7.32. The van der Waals surface area contributed by atoms with Crippen LogP contribution in [0.1, 0.15) is 19.4 Å². The van der Waals surface area contributed by atoms with E-state index >= 15 is 0 Å². The number of halogens is 1. The molecule has 2 heterocycles. The van der Waals surface area contributed by atoms with Gasteiger partial charge in [-0.15, -0.1) is 0 Å². The van der Waals surface area contributed by atoms with Crippen LogP contribution in [0, 0.1) is 5.82 Å². The lowest BCUT2D eigenvalue weighted by Crippen LogP contribution is -2.37. The van der Waals surface area contributed by atoms with Crippen molar-refractivity contribution in [2.24, 2.45) is 0 Å². The minimum atomic E-state index is -0.334. The summed E-state index contributed by atoms with van der Waals surface area (Å²) < 4.78 is 16.4. The first-order valence-electron chi connectivity index (χ1n) is 9.45. The summed E-state index contributed by atoms with van der Waals surface area (Å²) in [6.07, 6.45) is 1.63. The van der Waals surface area contributed by atoms with E-state index in [2.05, 4.69) is 10.4 Å². The van der Waals surface area contributed by atoms with Gasteiger partial charge in [0, 0.05) is 28.9 Å². The number of fused-ring (bicyclic) bond motifs is 3. The van der Waals surface area contributed by atoms with Gasteiger partial charge in [-0.3, -0.25) is 9.59 Å². The molecule has 2 aromatic carbocycles. The predicted molar refractivity (Wildman–Crippen MR) is 110 cm³/mol. The van der Waals surface area contributed by atoms with E-state index in [9.17, 15) is 14.0 Å². The number of para-hydroxylation sites is 1. The summed E-state index contributed by atoms with van der Waals surface area (Å²) in [7, 11) is 0. The molecule has 4 rings (SSSR count). The number of nitrogens with one attached hydrogen (secondary N) is 1. The number of hydrogen-bond donors (Lipinski definition) is 1. The fourth-order valence-electron chi connectivity index (χ4n) is 3.55. The molecule has 4 aromatic rings. The number of carbonyl (C=O) groups is 1. The van der Waals surface area contributed by atoms with Gasteiger partial charge >= 0.3 is 0 Å². The van der Waals surface area contributed by atoms with E-state index in [0.29, 0.717) is 12.1 Å². The molecule has 148 valence electrons. The Bertz CT molecular complexity index is 1260. The Labute approximate surface area is 166 Å². The fourth-order valence-corrected chi connectivity index (χ4v) is 3.55. The van der Waals surface area contributed by atoms with Crippen molar-refractivity contribution in [1.82, 2.24) is 19.7 Å². The van der Waals surface area contributed by atoms with Crippen molar-refractivity contribution in [3.63, 3.8) is 0 Å². The van der Waals surface area contributed by atoms with Crippen LogP contribution in [0.5, 0.6) is 0 Å². The van der Waals surface area contributed by atoms with Gasteiger partial charge in [0.05, 0.1) is 6.20 Å². The molecule has 0 radical (unpaired) electrons. The monoisotopic (exact) mass is 392 g/mol. The maximum absolute atomic E-state index is 13.3. The van der Waals surface area contributed by atoms with Crippen molar-refractivity contribution in [2.45, 2.75) is 33.0 Å². The molecular weight excluding hydrogens is 371 g/mol. The third-order valence-corrected chi connectivity index (χ3v) is 4.77. The molecule has 0 aliphatic rings. The molecule has 0 saturated carbocycles. The summed E-state index contributed by atoms with van der Waals surface area (Å²) in [5.74, 6) is -0.575. The Hall–Kier alpha value is -3.48. The highest BCUT2D eigenvalue weighted by atomic mass is 19.1. The highest BCUT2D eigenvalue weighted by Gasteiger charge is 2.17. The number of nitrogens with zero attached hydrogens (tertiary/aromatic N) is 3. The first-order valence-corrected chi connectivity index (χ1v) is 9.45. The van der Waals surface area contributed by atoms with Gasteiger partial charge in [0.2, 0.25) is 5.91 Å². The standard InChI is InChI=1S/C22H21FN4O2/c1-14(2)25-20(28)13-27-22(29)21-18(11-24-27)17-5-3-4-6-19(17)26(21)12-15-7-9-16(23)10-8-15/h3-11,14H,12-13H2,1-2H3,(H,25,28). The van der Waals surface area contributed by atoms with Crippen molar-refractivity contribution in [3.05, 3.63) is 76.5 Å². The number of aromatic nitrogens is 3. The van der Waals surface area contributed by atoms with Crippen LogP contribution in [0.4, 0.5) is 4.39 Å². The number of carbonyl (C=O) groups excluding carboxylic acids is 1. The molecule has 6 nitrogen and oxygen atoms in total. The van der Waals surface area contributed by atoms with Gasteiger partial charge in [-0.1, -0.05) is 30.3 Å². The van der Waals surface area contributed by atoms with E-state index in [1.807, 2.05) is 42.7 Å². The molecule has 1 amide bonds. The quantitative estimate of drug-likeness (QED) is 0.568. The van der Waals surface area contributed by atoms with Crippen LogP contribution in [-0.2, 0) is 17.9 Å². The molecule has 0 spiro atoms. The van der Waals surface area contributed by atoms with Crippen LogP contribution < -0.4 is 10.9 Å². The molecular formula is C22H21FN4O2. The molecule has 0 saturated heterocycles. The largest absolute Gasteiger partial charge is 0.352 e. The number of hydrogen-bond acceptors (Lipinski definition) is 3. The summed E-state index contributed by atoms with van der Waals surface area (Å²) in [4.78, 5) is 25.4. The molecule has 0 aliphatic heterocycles. The normalized spacial score (nSPS) is 11.4. The van der Waals surface area contributed by atoms with E-state index in [4.69, 9.17) is 0 Å². The highest BCUT2D eigenvalue weighted by molar-refractivity contribution is 6.07. The van der Waals surface area contributed by atoms with E-state index in [1.165, 1.54) is 16.8 Å². The smallest absolute Gasteiger partial charge is 0.291 e. The highest BCUT2D eigenvalue weighted by Crippen LogP contribution is 2.27. The van der Waals surface area contributed by atoms with E-state index in [0.717, 1.165) is 21.9 Å². The molecule has 0 bridgehead atoms. The van der Waals surface area contributed by atoms with Crippen LogP contribution in [0.2, 0.25) is 0 Å². The van der Waals surface area contributed by atoms with Crippen molar-refractivity contribution in [1.29, 1.82) is 0 Å². The van der Waals surface area contributed by atoms with Crippen molar-refractivity contribution in [2.75, 3.05) is 0 Å². The zero-order chi connectivity index (χ0) is 20.5. The van der Waals surface area contributed by atoms with Gasteiger partial charge < -0.3 is 9.88 Å². The lowest BCUT2D eigenvalue weighted by Gasteiger charge is -2.10. The van der Waals surface area contributed by atoms with Crippen molar-refractivity contribution in [3.8, 4) is 0 Å². The van der Waals surface area contributed by atoms with Crippen LogP contribution >= 0.6 is 0 Å². The lowest BCUT2D eigenvalue weighted by molar-refractivity contribution is -0.122. The van der Waals surface area contributed by atoms with Crippen molar-refractivity contribution >= 4 is 27.7 Å². The second kappa shape index (κ2) is 7.50. The second-order valence-corrected chi connectivity index (χ2v) is 7.32. The molecule has 29 heavy (non-hydrogen) atoms. The Morgan fingerprint density at radius 1 is 1.10 bits per heavy atom. The predicted octanol–water partition coefficient (Wildman–Crippen LogP) is 3.06.